The summed E-state index contributed by atoms with van der Waals surface area (Å²) in [6.07, 6.45) is 8.28. The van der Waals surface area contributed by atoms with Crippen molar-refractivity contribution in [3.8, 4) is 0 Å². The Bertz CT molecular complexity index is 1090. The van der Waals surface area contributed by atoms with E-state index in [9.17, 15) is 24.0 Å². The second-order valence-corrected chi connectivity index (χ2v) is 13.9. The summed E-state index contributed by atoms with van der Waals surface area (Å²) in [6, 6.07) is -2.91. The first kappa shape index (κ1) is 35.3. The number of nitrogens with zero attached hydrogens (tertiary/aromatic N) is 1. The van der Waals surface area contributed by atoms with Crippen LogP contribution in [0.3, 0.4) is 0 Å². The van der Waals surface area contributed by atoms with Crippen LogP contribution in [0.2, 0.25) is 0 Å². The lowest BCUT2D eigenvalue weighted by Crippen LogP contribution is -2.59. The molecule has 11 nitrogen and oxygen atoms in total. The molecule has 5 atom stereocenters. The molecule has 2 aliphatic heterocycles. The number of allylic oxidation sites excluding steroid dienone is 1. The molecule has 44 heavy (non-hydrogen) atoms. The fourth-order valence-electron chi connectivity index (χ4n) is 6.64. The molecule has 246 valence electrons. The van der Waals surface area contributed by atoms with Gasteiger partial charge in [-0.3, -0.25) is 19.2 Å². The molecule has 2 heterocycles. The van der Waals surface area contributed by atoms with Crippen LogP contribution in [0.5, 0.6) is 0 Å². The van der Waals surface area contributed by atoms with E-state index < -0.39 is 53.0 Å². The zero-order chi connectivity index (χ0) is 32.7. The van der Waals surface area contributed by atoms with E-state index in [1.165, 1.54) is 4.90 Å². The number of alkyl carbamates (subject to hydrolysis) is 1. The third-order valence-electron chi connectivity index (χ3n) is 8.55. The maximum atomic E-state index is 14.4. The molecular formula is C33H52N4O7. The minimum atomic E-state index is -1.09. The van der Waals surface area contributed by atoms with Gasteiger partial charge >= 0.3 is 6.09 Å². The Kier molecular flexibility index (Phi) is 12.2. The number of likely N-dealkylation sites (tertiary alicyclic amines) is 1. The van der Waals surface area contributed by atoms with Crippen LogP contribution in [-0.2, 0) is 28.7 Å². The lowest BCUT2D eigenvalue weighted by molar-refractivity contribution is -0.144. The monoisotopic (exact) mass is 616 g/mol. The summed E-state index contributed by atoms with van der Waals surface area (Å²) in [7, 11) is 0. The van der Waals surface area contributed by atoms with Crippen LogP contribution in [0.15, 0.2) is 25.3 Å². The predicted molar refractivity (Wildman–Crippen MR) is 166 cm³/mol. The lowest BCUT2D eigenvalue weighted by atomic mass is 9.83. The van der Waals surface area contributed by atoms with E-state index >= 15 is 0 Å². The minimum absolute atomic E-state index is 0.105. The number of ether oxygens (including phenoxy) is 2. The number of nitrogens with one attached hydrogen (secondary N) is 3. The Balaban J connectivity index is 1.89. The second-order valence-electron chi connectivity index (χ2n) is 13.9. The number of fused-ring (bicyclic) bond motifs is 1. The molecular weight excluding hydrogens is 564 g/mol. The highest BCUT2D eigenvalue weighted by atomic mass is 16.6. The molecule has 1 saturated carbocycles. The highest BCUT2D eigenvalue weighted by Gasteiger charge is 2.56. The molecule has 3 aliphatic rings. The number of carbonyl (C=O) groups excluding carboxylic acids is 5. The molecule has 1 aliphatic carbocycles. The van der Waals surface area contributed by atoms with Gasteiger partial charge in [0.15, 0.2) is 0 Å². The average Bonchev–Trinajstić information content (AvgIpc) is 3.44. The van der Waals surface area contributed by atoms with Crippen LogP contribution in [0.25, 0.3) is 0 Å². The van der Waals surface area contributed by atoms with Gasteiger partial charge in [-0.1, -0.05) is 31.4 Å². The first-order valence-corrected chi connectivity index (χ1v) is 16.0. The Morgan fingerprint density at radius 2 is 1.68 bits per heavy atom. The molecule has 0 radical (unpaired) electrons. The third-order valence-corrected chi connectivity index (χ3v) is 8.55. The van der Waals surface area contributed by atoms with Crippen molar-refractivity contribution in [2.75, 3.05) is 13.1 Å². The molecule has 0 spiro atoms. The van der Waals surface area contributed by atoms with Crippen molar-refractivity contribution in [3.63, 3.8) is 0 Å². The van der Waals surface area contributed by atoms with E-state index in [0.717, 1.165) is 32.1 Å². The molecule has 0 aromatic carbocycles. The number of Topliss-reactive ketones (excluding diaryl/α,β-unsaturated/α-hetero) is 1. The summed E-state index contributed by atoms with van der Waals surface area (Å²) < 4.78 is 11.8. The number of ketones is 1. The molecule has 0 aromatic rings. The molecule has 0 aromatic heterocycles. The third kappa shape index (κ3) is 9.39. The summed E-state index contributed by atoms with van der Waals surface area (Å²) in [5.74, 6) is -2.86. The zero-order valence-corrected chi connectivity index (χ0v) is 27.1. The number of hydrogen-bond acceptors (Lipinski definition) is 7. The Hall–Kier alpha value is -3.21. The van der Waals surface area contributed by atoms with Crippen molar-refractivity contribution in [1.29, 1.82) is 0 Å². The van der Waals surface area contributed by atoms with E-state index in [1.807, 2.05) is 13.8 Å². The molecule has 3 fully saturated rings. The molecule has 2 unspecified atom stereocenters. The number of hydrogen-bond donors (Lipinski definition) is 3. The van der Waals surface area contributed by atoms with Crippen molar-refractivity contribution in [2.45, 2.75) is 128 Å². The summed E-state index contributed by atoms with van der Waals surface area (Å²) in [4.78, 5) is 68.6. The maximum absolute atomic E-state index is 14.4. The van der Waals surface area contributed by atoms with E-state index in [0.29, 0.717) is 19.3 Å². The van der Waals surface area contributed by atoms with Crippen molar-refractivity contribution in [2.24, 2.45) is 11.8 Å². The van der Waals surface area contributed by atoms with Gasteiger partial charge in [0.1, 0.15) is 17.7 Å². The Morgan fingerprint density at radius 1 is 1.02 bits per heavy atom. The maximum Gasteiger partial charge on any atom is 0.408 e. The van der Waals surface area contributed by atoms with Gasteiger partial charge in [0.05, 0.1) is 17.7 Å². The Labute approximate surface area is 261 Å². The highest BCUT2D eigenvalue weighted by Crippen LogP contribution is 2.43. The standard InChI is InChI=1S/C33H52N4O7/c1-8-10-17-23(27(38)29(40)34-18-11-9-2)35-28(39)26-22-19-33(6,7)43-24(22)20-37(26)30(41)25(21-15-13-12-14-16-21)36-31(42)44-32(3,4)5/h8-9,21-26H,1-2,10-20H2,3-7H3,(H,34,40)(H,35,39)(H,36,42)/t22-,23?,24-,25-,26?/m0/s1. The van der Waals surface area contributed by atoms with Gasteiger partial charge in [-0.25, -0.2) is 4.79 Å². The van der Waals surface area contributed by atoms with Gasteiger partial charge in [0.2, 0.25) is 17.6 Å². The smallest absolute Gasteiger partial charge is 0.408 e. The Morgan fingerprint density at radius 3 is 2.30 bits per heavy atom. The summed E-state index contributed by atoms with van der Waals surface area (Å²) >= 11 is 0. The summed E-state index contributed by atoms with van der Waals surface area (Å²) in [5, 5.41) is 8.21. The van der Waals surface area contributed by atoms with Crippen LogP contribution < -0.4 is 16.0 Å². The fraction of sp³-hybridized carbons (Fsp3) is 0.727. The van der Waals surface area contributed by atoms with Crippen LogP contribution in [-0.4, -0.2) is 83.0 Å². The van der Waals surface area contributed by atoms with E-state index in [4.69, 9.17) is 9.47 Å². The predicted octanol–water partition coefficient (Wildman–Crippen LogP) is 3.57. The first-order chi connectivity index (χ1) is 20.7. The van der Waals surface area contributed by atoms with Crippen molar-refractivity contribution in [3.05, 3.63) is 25.3 Å². The van der Waals surface area contributed by atoms with Gasteiger partial charge in [-0.05, 0) is 79.1 Å². The molecule has 11 heteroatoms. The second kappa shape index (κ2) is 15.2. The quantitative estimate of drug-likeness (QED) is 0.163. The number of carbonyl (C=O) groups is 5. The average molecular weight is 617 g/mol. The molecule has 4 amide bonds. The SMILES string of the molecule is C=CCCNC(=O)C(=O)C(CCC=C)NC(=O)C1[C@H]2CC(C)(C)O[C@H]2CN1C(=O)[C@@H](NC(=O)OC(C)(C)C)C1CCCCC1. The number of amides is 4. The van der Waals surface area contributed by atoms with Gasteiger partial charge in [0.25, 0.3) is 5.91 Å². The van der Waals surface area contributed by atoms with E-state index in [-0.39, 0.29) is 43.4 Å². The summed E-state index contributed by atoms with van der Waals surface area (Å²) in [6.45, 7) is 16.9. The zero-order valence-electron chi connectivity index (χ0n) is 27.1. The lowest BCUT2D eigenvalue weighted by Gasteiger charge is -2.36. The molecule has 0 bridgehead atoms. The van der Waals surface area contributed by atoms with Gasteiger partial charge < -0.3 is 30.3 Å². The fourth-order valence-corrected chi connectivity index (χ4v) is 6.64. The van der Waals surface area contributed by atoms with E-state index in [1.54, 1.807) is 32.9 Å². The van der Waals surface area contributed by atoms with Crippen molar-refractivity contribution < 1.29 is 33.4 Å². The van der Waals surface area contributed by atoms with Crippen LogP contribution in [0, 0.1) is 11.8 Å². The topological polar surface area (TPSA) is 143 Å². The largest absolute Gasteiger partial charge is 0.444 e. The normalized spacial score (nSPS) is 24.4. The van der Waals surface area contributed by atoms with Crippen LogP contribution in [0.1, 0.15) is 92.4 Å². The van der Waals surface area contributed by atoms with Crippen molar-refractivity contribution in [1.82, 2.24) is 20.9 Å². The van der Waals surface area contributed by atoms with Gasteiger partial charge in [-0.15, -0.1) is 13.2 Å². The summed E-state index contributed by atoms with van der Waals surface area (Å²) in [5.41, 5.74) is -1.24. The minimum Gasteiger partial charge on any atom is -0.444 e. The number of rotatable bonds is 13. The first-order valence-electron chi connectivity index (χ1n) is 16.0. The molecule has 3 rings (SSSR count). The van der Waals surface area contributed by atoms with Crippen LogP contribution in [0.4, 0.5) is 4.79 Å². The van der Waals surface area contributed by atoms with Gasteiger partial charge in [0, 0.05) is 19.0 Å². The van der Waals surface area contributed by atoms with E-state index in [2.05, 4.69) is 29.1 Å². The van der Waals surface area contributed by atoms with Crippen LogP contribution >= 0.6 is 0 Å². The van der Waals surface area contributed by atoms with Crippen molar-refractivity contribution >= 4 is 29.6 Å². The van der Waals surface area contributed by atoms with Gasteiger partial charge in [-0.2, -0.15) is 0 Å². The molecule has 2 saturated heterocycles. The highest BCUT2D eigenvalue weighted by molar-refractivity contribution is 6.38. The molecule has 3 N–H and O–H groups in total.